The van der Waals surface area contributed by atoms with Crippen LogP contribution in [-0.4, -0.2) is 51.5 Å². The van der Waals surface area contributed by atoms with Gasteiger partial charge in [-0.15, -0.1) is 4.40 Å². The first-order chi connectivity index (χ1) is 21.6. The molecule has 1 atom stereocenters. The van der Waals surface area contributed by atoms with Gasteiger partial charge in [0.05, 0.1) is 17.6 Å². The van der Waals surface area contributed by atoms with E-state index < -0.39 is 43.8 Å². The standard InChI is InChI=1S/C32H36N4O8S2/c1-20(2)16-17-32(36(21(3)37)44-19-22-10-6-5-7-11-22)25-13-9-8-12-24(25)29(38)28(30(32)39)31-33-26-15-14-23(34-45(4,40)41)18-27(26)46(42,43)35-31/h5-15,18,20,34,38,42-43H,16-17,19H2,1-4H3,(H,33,35). The number of aliphatic hydroxyl groups is 1. The maximum Gasteiger partial charge on any atom is 0.244 e. The summed E-state index contributed by atoms with van der Waals surface area (Å²) in [7, 11) is -7.67. The molecule has 244 valence electrons. The fourth-order valence-electron chi connectivity index (χ4n) is 5.64. The molecule has 1 unspecified atom stereocenters. The van der Waals surface area contributed by atoms with Gasteiger partial charge in [0.1, 0.15) is 22.8 Å². The minimum absolute atomic E-state index is 0.0265. The number of nitrogens with zero attached hydrogens (tertiary/aromatic N) is 2. The van der Waals surface area contributed by atoms with Gasteiger partial charge in [-0.3, -0.25) is 28.3 Å². The van der Waals surface area contributed by atoms with Gasteiger partial charge in [-0.25, -0.2) is 13.5 Å². The number of aliphatic hydroxyl groups excluding tert-OH is 1. The van der Waals surface area contributed by atoms with Crippen molar-refractivity contribution in [3.63, 3.8) is 0 Å². The lowest BCUT2D eigenvalue weighted by molar-refractivity contribution is -0.229. The molecular formula is C32H36N4O8S2. The summed E-state index contributed by atoms with van der Waals surface area (Å²) in [5, 5.41) is 15.6. The molecule has 12 nitrogen and oxygen atoms in total. The number of fused-ring (bicyclic) bond motifs is 2. The van der Waals surface area contributed by atoms with E-state index in [9.17, 15) is 32.2 Å². The van der Waals surface area contributed by atoms with E-state index >= 15 is 0 Å². The van der Waals surface area contributed by atoms with E-state index in [1.807, 2.05) is 44.2 Å². The Morgan fingerprint density at radius 3 is 2.41 bits per heavy atom. The smallest absolute Gasteiger partial charge is 0.244 e. The molecule has 0 aromatic heterocycles. The Bertz CT molecular complexity index is 1860. The molecule has 2 aliphatic rings. The van der Waals surface area contributed by atoms with Crippen molar-refractivity contribution >= 4 is 55.5 Å². The summed E-state index contributed by atoms with van der Waals surface area (Å²) in [6.45, 7) is 5.23. The SMILES string of the molecule is CC(=O)N(OCc1ccccc1)C1(CCC(C)C)C(=O)C(C2=NS(O)(O)c3cc(NS(C)(=O)=O)ccc3N2)=C(O)c2ccccc21. The molecule has 1 amide bonds. The van der Waals surface area contributed by atoms with Gasteiger partial charge in [-0.05, 0) is 48.1 Å². The molecule has 3 aromatic carbocycles. The predicted octanol–water partition coefficient (Wildman–Crippen LogP) is 6.07. The molecule has 5 N–H and O–H groups in total. The van der Waals surface area contributed by atoms with Gasteiger partial charge in [0.2, 0.25) is 21.7 Å². The van der Waals surface area contributed by atoms with Crippen LogP contribution < -0.4 is 10.0 Å². The van der Waals surface area contributed by atoms with Crippen molar-refractivity contribution in [1.82, 2.24) is 5.06 Å². The highest BCUT2D eigenvalue weighted by Gasteiger charge is 2.55. The zero-order valence-electron chi connectivity index (χ0n) is 25.7. The molecule has 1 heterocycles. The van der Waals surface area contributed by atoms with Gasteiger partial charge < -0.3 is 10.4 Å². The van der Waals surface area contributed by atoms with Crippen molar-refractivity contribution < 1.29 is 37.1 Å². The lowest BCUT2D eigenvalue weighted by atomic mass is 9.70. The summed E-state index contributed by atoms with van der Waals surface area (Å²) in [6.07, 6.45) is 1.56. The minimum Gasteiger partial charge on any atom is -0.506 e. The predicted molar refractivity (Wildman–Crippen MR) is 178 cm³/mol. The normalized spacial score (nSPS) is 19.5. The van der Waals surface area contributed by atoms with Crippen molar-refractivity contribution in [1.29, 1.82) is 0 Å². The van der Waals surface area contributed by atoms with Crippen LogP contribution in [0.25, 0.3) is 5.76 Å². The van der Waals surface area contributed by atoms with E-state index in [-0.39, 0.29) is 52.2 Å². The number of Topliss-reactive ketones (excluding diaryl/α,β-unsaturated/α-hetero) is 1. The third kappa shape index (κ3) is 6.39. The van der Waals surface area contributed by atoms with Crippen LogP contribution in [0.5, 0.6) is 0 Å². The molecule has 0 fully saturated rings. The summed E-state index contributed by atoms with van der Waals surface area (Å²) in [5.74, 6) is -1.96. The molecule has 1 aliphatic heterocycles. The molecule has 0 bridgehead atoms. The summed E-state index contributed by atoms with van der Waals surface area (Å²) in [5.41, 5.74) is -0.559. The van der Waals surface area contributed by atoms with E-state index in [0.717, 1.165) is 16.9 Å². The topological polar surface area (TPSA) is 178 Å². The Balaban J connectivity index is 1.67. The quantitative estimate of drug-likeness (QED) is 0.160. The first kappa shape index (κ1) is 33.2. The number of rotatable bonds is 10. The lowest BCUT2D eigenvalue weighted by Crippen LogP contribution is -2.57. The van der Waals surface area contributed by atoms with Crippen molar-refractivity contribution in [3.8, 4) is 0 Å². The number of nitrogens with one attached hydrogen (secondary N) is 2. The zero-order chi connectivity index (χ0) is 33.4. The second-order valence-corrected chi connectivity index (χ2v) is 15.0. The van der Waals surface area contributed by atoms with Crippen LogP contribution >= 0.6 is 10.8 Å². The van der Waals surface area contributed by atoms with Crippen molar-refractivity contribution in [2.75, 3.05) is 16.3 Å². The molecule has 5 rings (SSSR count). The van der Waals surface area contributed by atoms with Crippen LogP contribution in [0.3, 0.4) is 0 Å². The van der Waals surface area contributed by atoms with Crippen molar-refractivity contribution in [2.45, 2.75) is 50.7 Å². The summed E-state index contributed by atoms with van der Waals surface area (Å²) >= 11 is 0. The molecule has 46 heavy (non-hydrogen) atoms. The summed E-state index contributed by atoms with van der Waals surface area (Å²) < 4.78 is 52.2. The summed E-state index contributed by atoms with van der Waals surface area (Å²) in [4.78, 5) is 34.5. The van der Waals surface area contributed by atoms with Gasteiger partial charge in [-0.2, -0.15) is 0 Å². The number of carbonyl (C=O) groups is 2. The Labute approximate surface area is 269 Å². The van der Waals surface area contributed by atoms with Crippen LogP contribution in [0.4, 0.5) is 11.4 Å². The number of amides is 1. The summed E-state index contributed by atoms with van der Waals surface area (Å²) in [6, 6.07) is 19.8. The number of hydrogen-bond acceptors (Lipinski definition) is 10. The number of hydroxylamine groups is 2. The van der Waals surface area contributed by atoms with E-state index in [1.165, 1.54) is 25.1 Å². The van der Waals surface area contributed by atoms with Crippen LogP contribution in [0.2, 0.25) is 0 Å². The Morgan fingerprint density at radius 2 is 1.76 bits per heavy atom. The number of anilines is 2. The second kappa shape index (κ2) is 12.5. The molecule has 0 saturated heterocycles. The lowest BCUT2D eigenvalue weighted by Gasteiger charge is -2.45. The highest BCUT2D eigenvalue weighted by molar-refractivity contribution is 8.23. The molecular weight excluding hydrogens is 633 g/mol. The Hall–Kier alpha value is -4.21. The largest absolute Gasteiger partial charge is 0.506 e. The third-order valence-corrected chi connectivity index (χ3v) is 9.65. The van der Waals surface area contributed by atoms with Gasteiger partial charge >= 0.3 is 0 Å². The fraction of sp³-hybridized carbons (Fsp3) is 0.281. The number of sulfonamides is 1. The molecule has 0 saturated carbocycles. The zero-order valence-corrected chi connectivity index (χ0v) is 27.4. The van der Waals surface area contributed by atoms with Crippen molar-refractivity contribution in [3.05, 3.63) is 95.1 Å². The molecule has 14 heteroatoms. The minimum atomic E-state index is -4.01. The molecule has 1 aliphatic carbocycles. The highest BCUT2D eigenvalue weighted by atomic mass is 32.3. The van der Waals surface area contributed by atoms with Crippen LogP contribution in [0.15, 0.2) is 87.7 Å². The first-order valence-corrected chi connectivity index (χ1v) is 17.9. The van der Waals surface area contributed by atoms with Crippen LogP contribution in [0.1, 0.15) is 50.3 Å². The van der Waals surface area contributed by atoms with Crippen molar-refractivity contribution in [2.24, 2.45) is 10.3 Å². The number of ketones is 1. The van der Waals surface area contributed by atoms with Gasteiger partial charge in [0.15, 0.2) is 11.4 Å². The molecule has 0 spiro atoms. The number of amidine groups is 1. The first-order valence-electron chi connectivity index (χ1n) is 14.5. The Kier molecular flexibility index (Phi) is 9.03. The van der Waals surface area contributed by atoms with Gasteiger partial charge in [0, 0.05) is 12.5 Å². The van der Waals surface area contributed by atoms with E-state index in [4.69, 9.17) is 4.84 Å². The van der Waals surface area contributed by atoms with Gasteiger partial charge in [0.25, 0.3) is 0 Å². The van der Waals surface area contributed by atoms with Gasteiger partial charge in [-0.1, -0.05) is 79.2 Å². The van der Waals surface area contributed by atoms with E-state index in [1.54, 1.807) is 24.3 Å². The molecule has 0 radical (unpaired) electrons. The maximum absolute atomic E-state index is 15.0. The number of hydrogen-bond donors (Lipinski definition) is 5. The monoisotopic (exact) mass is 668 g/mol. The highest BCUT2D eigenvalue weighted by Crippen LogP contribution is 2.57. The average Bonchev–Trinajstić information content (AvgIpc) is 2.98. The second-order valence-electron chi connectivity index (χ2n) is 11.6. The van der Waals surface area contributed by atoms with E-state index in [2.05, 4.69) is 14.4 Å². The Morgan fingerprint density at radius 1 is 1.09 bits per heavy atom. The maximum atomic E-state index is 15.0. The van der Waals surface area contributed by atoms with Crippen LogP contribution in [0, 0.1) is 5.92 Å². The number of benzene rings is 3. The third-order valence-electron chi connectivity index (χ3n) is 7.67. The van der Waals surface area contributed by atoms with E-state index in [0.29, 0.717) is 12.0 Å². The fourth-order valence-corrected chi connectivity index (χ4v) is 7.38. The number of carbonyl (C=O) groups excluding carboxylic acids is 2. The molecule has 3 aromatic rings. The average molecular weight is 669 g/mol. The van der Waals surface area contributed by atoms with Crippen LogP contribution in [-0.2, 0) is 36.6 Å².